The summed E-state index contributed by atoms with van der Waals surface area (Å²) in [4.78, 5) is 0.348. The van der Waals surface area contributed by atoms with Crippen LogP contribution in [0.2, 0.25) is 0 Å². The third kappa shape index (κ3) is 3.54. The highest BCUT2D eigenvalue weighted by Crippen LogP contribution is 2.66. The van der Waals surface area contributed by atoms with Gasteiger partial charge in [0.2, 0.25) is 0 Å². The molecule has 1 aromatic carbocycles. The average Bonchev–Trinajstić information content (AvgIpc) is 3.41. The van der Waals surface area contributed by atoms with Crippen LogP contribution in [0.3, 0.4) is 0 Å². The second-order valence-corrected chi connectivity index (χ2v) is 14.3. The van der Waals surface area contributed by atoms with Gasteiger partial charge in [0.25, 0.3) is 0 Å². The standard InChI is InChI=1S/C21H28F4O5S2/c1-12-7-15(8-13(2)19(12)27)31(5-3-4-6-31)30-32(28,29)21(24,25)20(22,23)17-10-14-9-16(17)18(26)11-14/h7-8,14,16-18,26-27H,3-6,9-11H2,1-2H3. The van der Waals surface area contributed by atoms with Gasteiger partial charge >= 0.3 is 21.3 Å². The first-order chi connectivity index (χ1) is 14.7. The van der Waals surface area contributed by atoms with Crippen molar-refractivity contribution in [2.75, 3.05) is 11.5 Å². The lowest BCUT2D eigenvalue weighted by Gasteiger charge is -2.40. The number of phenols is 1. The van der Waals surface area contributed by atoms with E-state index in [2.05, 4.69) is 0 Å². The lowest BCUT2D eigenvalue weighted by atomic mass is 9.82. The summed E-state index contributed by atoms with van der Waals surface area (Å²) in [6.45, 7) is 3.18. The highest BCUT2D eigenvalue weighted by atomic mass is 32.3. The van der Waals surface area contributed by atoms with Crippen LogP contribution in [0, 0.1) is 31.6 Å². The summed E-state index contributed by atoms with van der Waals surface area (Å²) in [5.74, 6) is -7.83. The molecule has 1 aromatic rings. The van der Waals surface area contributed by atoms with Crippen LogP contribution >= 0.6 is 10.3 Å². The van der Waals surface area contributed by atoms with E-state index in [0.29, 0.717) is 28.9 Å². The summed E-state index contributed by atoms with van der Waals surface area (Å²) >= 11 is 0. The number of benzene rings is 1. The second kappa shape index (κ2) is 7.74. The monoisotopic (exact) mass is 500 g/mol. The van der Waals surface area contributed by atoms with Crippen LogP contribution in [0.5, 0.6) is 5.75 Å². The van der Waals surface area contributed by atoms with Crippen molar-refractivity contribution in [1.29, 1.82) is 0 Å². The van der Waals surface area contributed by atoms with Gasteiger partial charge in [-0.15, -0.1) is 0 Å². The molecule has 182 valence electrons. The van der Waals surface area contributed by atoms with Gasteiger partial charge in [0.05, 0.1) is 6.10 Å². The van der Waals surface area contributed by atoms with E-state index in [0.717, 1.165) is 0 Å². The van der Waals surface area contributed by atoms with Gasteiger partial charge in [0.15, 0.2) is 0 Å². The Morgan fingerprint density at radius 2 is 1.59 bits per heavy atom. The van der Waals surface area contributed by atoms with Crippen molar-refractivity contribution in [3.63, 3.8) is 0 Å². The van der Waals surface area contributed by atoms with Gasteiger partial charge in [-0.05, 0) is 81.0 Å². The van der Waals surface area contributed by atoms with Crippen molar-refractivity contribution >= 4 is 20.4 Å². The Labute approximate surface area is 186 Å². The van der Waals surface area contributed by atoms with E-state index in [1.807, 2.05) is 0 Å². The molecular weight excluding hydrogens is 472 g/mol. The van der Waals surface area contributed by atoms with Crippen molar-refractivity contribution in [1.82, 2.24) is 0 Å². The Hall–Kier alpha value is -1.04. The number of aromatic hydroxyl groups is 1. The van der Waals surface area contributed by atoms with E-state index < -0.39 is 49.5 Å². The van der Waals surface area contributed by atoms with Gasteiger partial charge in [-0.3, -0.25) is 0 Å². The van der Waals surface area contributed by atoms with E-state index >= 15 is 17.6 Å². The summed E-state index contributed by atoms with van der Waals surface area (Å²) in [7, 11) is -8.81. The molecule has 32 heavy (non-hydrogen) atoms. The molecule has 4 atom stereocenters. The van der Waals surface area contributed by atoms with E-state index in [1.165, 1.54) is 12.1 Å². The van der Waals surface area contributed by atoms with Crippen LogP contribution in [-0.2, 0) is 13.7 Å². The average molecular weight is 501 g/mol. The molecule has 4 unspecified atom stereocenters. The maximum Gasteiger partial charge on any atom is 0.432 e. The first-order valence-electron chi connectivity index (χ1n) is 10.7. The molecular formula is C21H28F4O5S2. The predicted molar refractivity (Wildman–Crippen MR) is 113 cm³/mol. The van der Waals surface area contributed by atoms with Crippen molar-refractivity contribution in [3.8, 4) is 5.75 Å². The van der Waals surface area contributed by atoms with Gasteiger partial charge in [-0.1, -0.05) is 10.3 Å². The SMILES string of the molecule is Cc1cc(S2(OS(=O)(=O)C(F)(F)C(F)(F)C3CC4CC(O)C3C4)CCCC2)cc(C)c1O. The van der Waals surface area contributed by atoms with Crippen LogP contribution in [0.15, 0.2) is 17.0 Å². The number of hydrogen-bond acceptors (Lipinski definition) is 5. The summed E-state index contributed by atoms with van der Waals surface area (Å²) in [6.07, 6.45) is 0.139. The van der Waals surface area contributed by atoms with Crippen LogP contribution in [0.1, 0.15) is 43.2 Å². The van der Waals surface area contributed by atoms with Crippen LogP contribution in [0.4, 0.5) is 17.6 Å². The van der Waals surface area contributed by atoms with E-state index in [4.69, 9.17) is 3.63 Å². The molecule has 1 aliphatic heterocycles. The molecule has 0 radical (unpaired) electrons. The summed E-state index contributed by atoms with van der Waals surface area (Å²) in [5.41, 5.74) is 0.848. The number of fused-ring (bicyclic) bond motifs is 2. The van der Waals surface area contributed by atoms with Gasteiger partial charge in [0.1, 0.15) is 5.75 Å². The number of hydrogen-bond donors (Lipinski definition) is 2. The summed E-state index contributed by atoms with van der Waals surface area (Å²) in [5, 5.41) is 14.5. The lowest BCUT2D eigenvalue weighted by Crippen LogP contribution is -2.54. The molecule has 2 N–H and O–H groups in total. The zero-order valence-electron chi connectivity index (χ0n) is 17.9. The Kier molecular flexibility index (Phi) is 5.83. The fraction of sp³-hybridized carbons (Fsp3) is 0.714. The molecule has 2 saturated carbocycles. The van der Waals surface area contributed by atoms with Crippen molar-refractivity contribution in [3.05, 3.63) is 23.3 Å². The summed E-state index contributed by atoms with van der Waals surface area (Å²) < 4.78 is 91.0. The van der Waals surface area contributed by atoms with E-state index in [1.54, 1.807) is 13.8 Å². The van der Waals surface area contributed by atoms with Crippen LogP contribution < -0.4 is 0 Å². The van der Waals surface area contributed by atoms with Crippen LogP contribution in [0.25, 0.3) is 0 Å². The number of rotatable bonds is 6. The topological polar surface area (TPSA) is 83.8 Å². The molecule has 2 bridgehead atoms. The number of aliphatic hydroxyl groups excluding tert-OH is 1. The van der Waals surface area contributed by atoms with Crippen molar-refractivity contribution in [2.24, 2.45) is 17.8 Å². The van der Waals surface area contributed by atoms with Crippen molar-refractivity contribution < 1.29 is 39.8 Å². The minimum atomic E-state index is -6.01. The molecule has 0 amide bonds. The summed E-state index contributed by atoms with van der Waals surface area (Å²) in [6, 6.07) is 2.97. The van der Waals surface area contributed by atoms with Gasteiger partial charge in [-0.2, -0.15) is 26.0 Å². The highest BCUT2D eigenvalue weighted by Gasteiger charge is 2.73. The fourth-order valence-corrected chi connectivity index (χ4v) is 11.4. The quantitative estimate of drug-likeness (QED) is 0.545. The first kappa shape index (κ1) is 24.1. The first-order valence-corrected chi connectivity index (χ1v) is 14.0. The zero-order chi connectivity index (χ0) is 23.7. The molecule has 3 aliphatic rings. The van der Waals surface area contributed by atoms with Gasteiger partial charge in [-0.25, -0.2) is 3.63 Å². The maximum absolute atomic E-state index is 15.1. The Bertz CT molecular complexity index is 984. The smallest absolute Gasteiger partial charge is 0.432 e. The molecule has 1 saturated heterocycles. The third-order valence-corrected chi connectivity index (χ3v) is 12.9. The predicted octanol–water partition coefficient (Wildman–Crippen LogP) is 4.86. The van der Waals surface area contributed by atoms with E-state index in [9.17, 15) is 18.6 Å². The van der Waals surface area contributed by atoms with Crippen molar-refractivity contribution in [2.45, 2.75) is 68.1 Å². The molecule has 2 aliphatic carbocycles. The Balaban J connectivity index is 1.68. The van der Waals surface area contributed by atoms with E-state index in [-0.39, 0.29) is 42.4 Å². The number of aryl methyl sites for hydroxylation is 2. The number of halogens is 4. The number of phenolic OH excluding ortho intramolecular Hbond substituents is 1. The van der Waals surface area contributed by atoms with Gasteiger partial charge in [0, 0.05) is 22.3 Å². The molecule has 11 heteroatoms. The molecule has 0 aromatic heterocycles. The second-order valence-electron chi connectivity index (χ2n) is 9.41. The number of alkyl halides is 4. The third-order valence-electron chi connectivity index (χ3n) is 7.26. The largest absolute Gasteiger partial charge is 0.507 e. The lowest BCUT2D eigenvalue weighted by molar-refractivity contribution is -0.208. The molecule has 3 fully saturated rings. The minimum Gasteiger partial charge on any atom is -0.507 e. The minimum absolute atomic E-state index is 0.00383. The molecule has 1 heterocycles. The molecule has 5 nitrogen and oxygen atoms in total. The maximum atomic E-state index is 15.1. The Morgan fingerprint density at radius 3 is 2.09 bits per heavy atom. The fourth-order valence-electron chi connectivity index (χ4n) is 5.57. The normalized spacial score (nSPS) is 31.2. The molecule has 0 spiro atoms. The number of aliphatic hydroxyl groups is 1. The van der Waals surface area contributed by atoms with Crippen LogP contribution in [-0.4, -0.2) is 47.4 Å². The molecule has 4 rings (SSSR count). The van der Waals surface area contributed by atoms with Gasteiger partial charge < -0.3 is 10.2 Å². The highest BCUT2D eigenvalue weighted by molar-refractivity contribution is 8.33. The Morgan fingerprint density at radius 1 is 1.03 bits per heavy atom. The zero-order valence-corrected chi connectivity index (χ0v) is 19.5.